The highest BCUT2D eigenvalue weighted by Crippen LogP contribution is 2.18. The molecule has 7 heteroatoms. The number of aliphatic hydroxyl groups is 1. The van der Waals surface area contributed by atoms with Gasteiger partial charge >= 0.3 is 0 Å². The van der Waals surface area contributed by atoms with Crippen molar-refractivity contribution in [1.82, 2.24) is 4.72 Å². The second kappa shape index (κ2) is 6.21. The van der Waals surface area contributed by atoms with E-state index in [1.54, 1.807) is 12.1 Å². The zero-order valence-corrected chi connectivity index (χ0v) is 12.2. The lowest BCUT2D eigenvalue weighted by atomic mass is 10.0. The number of benzene rings is 2. The van der Waals surface area contributed by atoms with Crippen molar-refractivity contribution in [3.8, 4) is 0 Å². The molecule has 0 saturated heterocycles. The van der Waals surface area contributed by atoms with Crippen molar-refractivity contribution < 1.29 is 13.5 Å². The van der Waals surface area contributed by atoms with E-state index >= 15 is 0 Å². The Labute approximate surface area is 123 Å². The van der Waals surface area contributed by atoms with Gasteiger partial charge in [-0.1, -0.05) is 24.3 Å². The molecule has 0 amide bonds. The Bertz CT molecular complexity index is 772. The molecule has 0 atom stereocenters. The molecule has 0 fully saturated rings. The van der Waals surface area contributed by atoms with Gasteiger partial charge in [-0.05, 0) is 28.5 Å². The molecule has 2 rings (SSSR count). The quantitative estimate of drug-likeness (QED) is 0.460. The third kappa shape index (κ3) is 4.01. The number of nitrogens with one attached hydrogen (secondary N) is 2. The molecule has 0 heterocycles. The van der Waals surface area contributed by atoms with Gasteiger partial charge in [-0.2, -0.15) is 0 Å². The van der Waals surface area contributed by atoms with Crippen LogP contribution in [0, 0.1) is 5.41 Å². The van der Waals surface area contributed by atoms with Gasteiger partial charge in [0.2, 0.25) is 10.0 Å². The molecular formula is C14H17N3O3S. The summed E-state index contributed by atoms with van der Waals surface area (Å²) in [5, 5.41) is 18.0. The fourth-order valence-electron chi connectivity index (χ4n) is 1.96. The molecule has 2 aromatic rings. The number of amidine groups is 1. The maximum absolute atomic E-state index is 11.5. The lowest BCUT2D eigenvalue weighted by Crippen LogP contribution is -2.27. The summed E-state index contributed by atoms with van der Waals surface area (Å²) in [7, 11) is -3.46. The van der Waals surface area contributed by atoms with Crippen LogP contribution in [0.3, 0.4) is 0 Å². The summed E-state index contributed by atoms with van der Waals surface area (Å²) in [5.41, 5.74) is 6.88. The van der Waals surface area contributed by atoms with Gasteiger partial charge in [-0.15, -0.1) is 0 Å². The van der Waals surface area contributed by atoms with Crippen LogP contribution in [0.1, 0.15) is 11.1 Å². The van der Waals surface area contributed by atoms with E-state index in [4.69, 9.17) is 16.2 Å². The number of rotatable bonds is 6. The highest BCUT2D eigenvalue weighted by Gasteiger charge is 2.09. The predicted octanol–water partition coefficient (Wildman–Crippen LogP) is 0.536. The smallest absolute Gasteiger partial charge is 0.214 e. The molecule has 6 nitrogen and oxygen atoms in total. The molecule has 21 heavy (non-hydrogen) atoms. The third-order valence-corrected chi connectivity index (χ3v) is 4.38. The molecule has 0 saturated carbocycles. The number of sulfonamides is 1. The van der Waals surface area contributed by atoms with E-state index in [1.165, 1.54) is 0 Å². The molecule has 0 aromatic heterocycles. The summed E-state index contributed by atoms with van der Waals surface area (Å²) in [6.45, 7) is -0.252. The topological polar surface area (TPSA) is 116 Å². The molecule has 0 aliphatic heterocycles. The van der Waals surface area contributed by atoms with Gasteiger partial charge in [0.15, 0.2) is 0 Å². The first-order valence-electron chi connectivity index (χ1n) is 6.36. The third-order valence-electron chi connectivity index (χ3n) is 3.07. The predicted molar refractivity (Wildman–Crippen MR) is 82.7 cm³/mol. The van der Waals surface area contributed by atoms with Crippen LogP contribution in [-0.4, -0.2) is 31.7 Å². The van der Waals surface area contributed by atoms with E-state index in [0.29, 0.717) is 5.56 Å². The summed E-state index contributed by atoms with van der Waals surface area (Å²) >= 11 is 0. The fourth-order valence-corrected chi connectivity index (χ4v) is 2.73. The number of nitrogen functional groups attached to an aromatic ring is 1. The molecule has 5 N–H and O–H groups in total. The Morgan fingerprint density at radius 3 is 2.57 bits per heavy atom. The van der Waals surface area contributed by atoms with E-state index in [9.17, 15) is 8.42 Å². The molecule has 0 unspecified atom stereocenters. The van der Waals surface area contributed by atoms with Crippen LogP contribution in [0.15, 0.2) is 36.4 Å². The minimum Gasteiger partial charge on any atom is -0.395 e. The van der Waals surface area contributed by atoms with Gasteiger partial charge in [0.05, 0.1) is 12.4 Å². The first-order valence-corrected chi connectivity index (χ1v) is 8.02. The van der Waals surface area contributed by atoms with Crippen molar-refractivity contribution in [2.45, 2.75) is 6.54 Å². The Kier molecular flexibility index (Phi) is 4.56. The van der Waals surface area contributed by atoms with Crippen molar-refractivity contribution in [1.29, 1.82) is 5.41 Å². The number of nitrogens with two attached hydrogens (primary N) is 1. The molecule has 112 valence electrons. The molecular weight excluding hydrogens is 290 g/mol. The Morgan fingerprint density at radius 1 is 1.19 bits per heavy atom. The van der Waals surface area contributed by atoms with Crippen LogP contribution >= 0.6 is 0 Å². The summed E-state index contributed by atoms with van der Waals surface area (Å²) < 4.78 is 25.4. The van der Waals surface area contributed by atoms with E-state index in [0.717, 1.165) is 16.3 Å². The van der Waals surface area contributed by atoms with E-state index < -0.39 is 16.6 Å². The highest BCUT2D eigenvalue weighted by molar-refractivity contribution is 7.89. The van der Waals surface area contributed by atoms with Crippen molar-refractivity contribution in [2.75, 3.05) is 12.4 Å². The van der Waals surface area contributed by atoms with Crippen LogP contribution in [0.5, 0.6) is 0 Å². The first-order chi connectivity index (χ1) is 9.91. The molecule has 0 spiro atoms. The van der Waals surface area contributed by atoms with Gasteiger partial charge in [0, 0.05) is 12.1 Å². The standard InChI is InChI=1S/C14H17N3O3S/c15-14(16)12-4-3-11-2-1-10(7-13(11)8-12)9-17-21(19,20)6-5-18/h1-4,7-8,17-18H,5-6,9H2,(H3,15,16). The van der Waals surface area contributed by atoms with Crippen molar-refractivity contribution in [3.63, 3.8) is 0 Å². The normalized spacial score (nSPS) is 11.7. The lowest BCUT2D eigenvalue weighted by molar-refractivity contribution is 0.319. The highest BCUT2D eigenvalue weighted by atomic mass is 32.2. The number of aliphatic hydroxyl groups excluding tert-OH is 1. The zero-order valence-electron chi connectivity index (χ0n) is 11.3. The summed E-state index contributed by atoms with van der Waals surface area (Å²) in [6.07, 6.45) is 0. The van der Waals surface area contributed by atoms with Gasteiger partial charge in [0.25, 0.3) is 0 Å². The number of hydrogen-bond acceptors (Lipinski definition) is 4. The second-order valence-electron chi connectivity index (χ2n) is 4.67. The van der Waals surface area contributed by atoms with Gasteiger partial charge in [-0.3, -0.25) is 5.41 Å². The van der Waals surface area contributed by atoms with Crippen LogP contribution in [0.4, 0.5) is 0 Å². The number of fused-ring (bicyclic) bond motifs is 1. The Hall–Kier alpha value is -1.96. The minimum atomic E-state index is -3.46. The van der Waals surface area contributed by atoms with E-state index in [-0.39, 0.29) is 18.1 Å². The maximum atomic E-state index is 11.5. The van der Waals surface area contributed by atoms with Crippen LogP contribution < -0.4 is 10.5 Å². The summed E-state index contributed by atoms with van der Waals surface area (Å²) in [4.78, 5) is 0. The van der Waals surface area contributed by atoms with Crippen LogP contribution in [0.2, 0.25) is 0 Å². The van der Waals surface area contributed by atoms with Crippen molar-refractivity contribution in [2.24, 2.45) is 5.73 Å². The van der Waals surface area contributed by atoms with Gasteiger partial charge in [-0.25, -0.2) is 13.1 Å². The first kappa shape index (κ1) is 15.4. The monoisotopic (exact) mass is 307 g/mol. The minimum absolute atomic E-state index is 0.00838. The van der Waals surface area contributed by atoms with Crippen LogP contribution in [0.25, 0.3) is 10.8 Å². The maximum Gasteiger partial charge on any atom is 0.214 e. The van der Waals surface area contributed by atoms with E-state index in [1.807, 2.05) is 24.3 Å². The molecule has 2 aromatic carbocycles. The molecule has 0 radical (unpaired) electrons. The lowest BCUT2D eigenvalue weighted by Gasteiger charge is -2.07. The summed E-state index contributed by atoms with van der Waals surface area (Å²) in [5.74, 6) is -0.319. The average molecular weight is 307 g/mol. The number of hydrogen-bond donors (Lipinski definition) is 4. The second-order valence-corrected chi connectivity index (χ2v) is 6.60. The van der Waals surface area contributed by atoms with Gasteiger partial charge < -0.3 is 10.8 Å². The molecule has 0 bridgehead atoms. The SMILES string of the molecule is N=C(N)c1ccc2ccc(CNS(=O)(=O)CCO)cc2c1. The van der Waals surface area contributed by atoms with Gasteiger partial charge in [0.1, 0.15) is 5.84 Å². The molecule has 0 aliphatic rings. The van der Waals surface area contributed by atoms with Crippen molar-refractivity contribution in [3.05, 3.63) is 47.5 Å². The average Bonchev–Trinajstić information content (AvgIpc) is 2.44. The van der Waals surface area contributed by atoms with Crippen LogP contribution in [-0.2, 0) is 16.6 Å². The summed E-state index contributed by atoms with van der Waals surface area (Å²) in [6, 6.07) is 11.0. The Balaban J connectivity index is 2.23. The van der Waals surface area contributed by atoms with Crippen molar-refractivity contribution >= 4 is 26.6 Å². The zero-order chi connectivity index (χ0) is 15.5. The fraction of sp³-hybridized carbons (Fsp3) is 0.214. The molecule has 0 aliphatic carbocycles. The Morgan fingerprint density at radius 2 is 1.90 bits per heavy atom. The largest absolute Gasteiger partial charge is 0.395 e. The van der Waals surface area contributed by atoms with E-state index in [2.05, 4.69) is 4.72 Å².